The average molecular weight is 317 g/mol. The Morgan fingerprint density at radius 2 is 2.10 bits per heavy atom. The van der Waals surface area contributed by atoms with Gasteiger partial charge in [-0.3, -0.25) is 0 Å². The van der Waals surface area contributed by atoms with Crippen LogP contribution in [0.15, 0.2) is 10.3 Å². The molecule has 0 bridgehead atoms. The highest BCUT2D eigenvalue weighted by atomic mass is 32.2. The number of aromatic carboxylic acids is 1. The first kappa shape index (κ1) is 15.5. The minimum Gasteiger partial charge on any atom is -0.477 e. The molecule has 1 saturated carbocycles. The molecule has 0 radical (unpaired) electrons. The molecule has 0 amide bonds. The number of sulfonamides is 1. The van der Waals surface area contributed by atoms with Gasteiger partial charge in [0.05, 0.1) is 0 Å². The van der Waals surface area contributed by atoms with Crippen LogP contribution in [-0.2, 0) is 10.0 Å². The number of nitrogens with one attached hydrogen (secondary N) is 1. The number of carboxylic acid groups (broad SMARTS) is 1. The molecule has 1 fully saturated rings. The van der Waals surface area contributed by atoms with Crippen molar-refractivity contribution in [3.63, 3.8) is 0 Å². The second kappa shape index (κ2) is 5.13. The maximum atomic E-state index is 12.4. The van der Waals surface area contributed by atoms with Crippen LogP contribution in [0.5, 0.6) is 0 Å². The van der Waals surface area contributed by atoms with Gasteiger partial charge >= 0.3 is 5.97 Å². The maximum Gasteiger partial charge on any atom is 0.347 e. The fourth-order valence-corrected chi connectivity index (χ4v) is 5.11. The minimum absolute atomic E-state index is 0.0420. The number of carboxylic acids is 1. The molecule has 0 aliphatic heterocycles. The first-order valence-electron chi connectivity index (χ1n) is 6.51. The van der Waals surface area contributed by atoms with E-state index in [1.54, 1.807) is 12.3 Å². The molecule has 0 atom stereocenters. The molecular weight excluding hydrogens is 298 g/mol. The van der Waals surface area contributed by atoms with Gasteiger partial charge < -0.3 is 5.11 Å². The van der Waals surface area contributed by atoms with Gasteiger partial charge in [-0.1, -0.05) is 13.8 Å². The Morgan fingerprint density at radius 3 is 2.55 bits per heavy atom. The lowest BCUT2D eigenvalue weighted by atomic mass is 9.93. The Labute approximate surface area is 123 Å². The number of aryl methyl sites for hydroxylation is 1. The van der Waals surface area contributed by atoms with Crippen molar-refractivity contribution in [2.45, 2.75) is 38.5 Å². The van der Waals surface area contributed by atoms with Crippen LogP contribution in [0.2, 0.25) is 0 Å². The number of hydrogen-bond donors (Lipinski definition) is 2. The Hall–Kier alpha value is -0.920. The van der Waals surface area contributed by atoms with Crippen LogP contribution in [0.25, 0.3) is 0 Å². The van der Waals surface area contributed by atoms with E-state index in [1.807, 2.05) is 0 Å². The van der Waals surface area contributed by atoms with Crippen LogP contribution in [0.4, 0.5) is 0 Å². The zero-order valence-corrected chi connectivity index (χ0v) is 13.4. The summed E-state index contributed by atoms with van der Waals surface area (Å²) in [5.74, 6) is -0.791. The van der Waals surface area contributed by atoms with Crippen LogP contribution >= 0.6 is 11.3 Å². The first-order valence-corrected chi connectivity index (χ1v) is 8.87. The molecule has 20 heavy (non-hydrogen) atoms. The van der Waals surface area contributed by atoms with Crippen molar-refractivity contribution < 1.29 is 18.3 Å². The van der Waals surface area contributed by atoms with Gasteiger partial charge in [0.25, 0.3) is 0 Å². The number of carbonyl (C=O) groups is 1. The quantitative estimate of drug-likeness (QED) is 0.844. The molecule has 2 N–H and O–H groups in total. The monoisotopic (exact) mass is 317 g/mol. The van der Waals surface area contributed by atoms with Crippen molar-refractivity contribution in [1.29, 1.82) is 0 Å². The lowest BCUT2D eigenvalue weighted by molar-refractivity contribution is 0.0698. The molecule has 7 heteroatoms. The summed E-state index contributed by atoms with van der Waals surface area (Å²) >= 11 is 0.948. The lowest BCUT2D eigenvalue weighted by Crippen LogP contribution is -2.33. The summed E-state index contributed by atoms with van der Waals surface area (Å²) in [6.45, 7) is 6.16. The van der Waals surface area contributed by atoms with Crippen molar-refractivity contribution in [3.8, 4) is 0 Å². The molecule has 5 nitrogen and oxygen atoms in total. The predicted octanol–water partition coefficient (Wildman–Crippen LogP) is 2.47. The van der Waals surface area contributed by atoms with Crippen LogP contribution in [0, 0.1) is 18.3 Å². The van der Waals surface area contributed by atoms with Gasteiger partial charge in [0.2, 0.25) is 10.0 Å². The molecule has 112 valence electrons. The highest BCUT2D eigenvalue weighted by molar-refractivity contribution is 7.89. The van der Waals surface area contributed by atoms with Gasteiger partial charge in [-0.2, -0.15) is 0 Å². The van der Waals surface area contributed by atoms with Gasteiger partial charge in [0, 0.05) is 6.54 Å². The molecule has 1 aliphatic carbocycles. The van der Waals surface area contributed by atoms with Crippen LogP contribution in [0.3, 0.4) is 0 Å². The molecule has 0 unspecified atom stereocenters. The summed E-state index contributed by atoms with van der Waals surface area (Å²) in [5.41, 5.74) is 0.523. The lowest BCUT2D eigenvalue weighted by Gasteiger charge is -2.20. The summed E-state index contributed by atoms with van der Waals surface area (Å²) in [7, 11) is -3.77. The van der Waals surface area contributed by atoms with Crippen molar-refractivity contribution in [1.82, 2.24) is 4.72 Å². The number of hydrogen-bond acceptors (Lipinski definition) is 4. The molecule has 1 aromatic rings. The fourth-order valence-electron chi connectivity index (χ4n) is 2.34. The van der Waals surface area contributed by atoms with Gasteiger partial charge in [0.1, 0.15) is 9.77 Å². The molecule has 0 saturated heterocycles. The van der Waals surface area contributed by atoms with Crippen LogP contribution in [-0.4, -0.2) is 26.0 Å². The van der Waals surface area contributed by atoms with E-state index < -0.39 is 16.0 Å². The van der Waals surface area contributed by atoms with Gasteiger partial charge in [-0.25, -0.2) is 17.9 Å². The predicted molar refractivity (Wildman–Crippen MR) is 77.7 cm³/mol. The molecule has 1 aromatic heterocycles. The van der Waals surface area contributed by atoms with E-state index in [0.29, 0.717) is 18.0 Å². The molecule has 0 spiro atoms. The zero-order valence-electron chi connectivity index (χ0n) is 11.8. The second-order valence-electron chi connectivity index (χ2n) is 5.72. The van der Waals surface area contributed by atoms with Gasteiger partial charge in [-0.15, -0.1) is 11.3 Å². The fraction of sp³-hybridized carbons (Fsp3) is 0.615. The van der Waals surface area contributed by atoms with E-state index in [2.05, 4.69) is 18.6 Å². The van der Waals surface area contributed by atoms with Gasteiger partial charge in [0.15, 0.2) is 0 Å². The Bertz CT molecular complexity index is 627. The highest BCUT2D eigenvalue weighted by Crippen LogP contribution is 2.51. The molecule has 1 aliphatic rings. The minimum atomic E-state index is -3.77. The third-order valence-electron chi connectivity index (χ3n) is 4.11. The van der Waals surface area contributed by atoms with E-state index in [-0.39, 0.29) is 15.2 Å². The Morgan fingerprint density at radius 1 is 1.50 bits per heavy atom. The van der Waals surface area contributed by atoms with Crippen molar-refractivity contribution in [2.75, 3.05) is 6.54 Å². The summed E-state index contributed by atoms with van der Waals surface area (Å²) < 4.78 is 27.3. The third-order valence-corrected chi connectivity index (χ3v) is 6.92. The second-order valence-corrected chi connectivity index (χ2v) is 8.31. The van der Waals surface area contributed by atoms with Crippen LogP contribution < -0.4 is 4.72 Å². The Kier molecular flexibility index (Phi) is 3.96. The van der Waals surface area contributed by atoms with E-state index in [1.165, 1.54) is 0 Å². The van der Waals surface area contributed by atoms with Gasteiger partial charge in [-0.05, 0) is 42.0 Å². The van der Waals surface area contributed by atoms with Crippen LogP contribution in [0.1, 0.15) is 41.9 Å². The molecule has 1 heterocycles. The standard InChI is InChI=1S/C13H19NO4S2/c1-8(2)13(4-5-13)7-14-20(17,18)11-9(3)6-19-10(11)12(15)16/h6,8,14H,4-5,7H2,1-3H3,(H,15,16). The summed E-state index contributed by atoms with van der Waals surface area (Å²) in [4.78, 5) is 10.9. The summed E-state index contributed by atoms with van der Waals surface area (Å²) in [6, 6.07) is 0. The van der Waals surface area contributed by atoms with Crippen molar-refractivity contribution in [2.24, 2.45) is 11.3 Å². The largest absolute Gasteiger partial charge is 0.477 e. The SMILES string of the molecule is Cc1csc(C(=O)O)c1S(=O)(=O)NCC1(C(C)C)CC1. The van der Waals surface area contributed by atoms with E-state index in [9.17, 15) is 13.2 Å². The molecule has 2 rings (SSSR count). The van der Waals surface area contributed by atoms with E-state index in [0.717, 1.165) is 24.2 Å². The number of rotatable bonds is 6. The maximum absolute atomic E-state index is 12.4. The Balaban J connectivity index is 2.24. The summed E-state index contributed by atoms with van der Waals surface area (Å²) in [6.07, 6.45) is 2.03. The summed E-state index contributed by atoms with van der Waals surface area (Å²) in [5, 5.41) is 10.7. The molecular formula is C13H19NO4S2. The topological polar surface area (TPSA) is 83.5 Å². The third kappa shape index (κ3) is 2.75. The highest BCUT2D eigenvalue weighted by Gasteiger charge is 2.46. The van der Waals surface area contributed by atoms with Crippen molar-refractivity contribution in [3.05, 3.63) is 15.8 Å². The van der Waals surface area contributed by atoms with E-state index >= 15 is 0 Å². The normalized spacial score (nSPS) is 17.4. The average Bonchev–Trinajstić information content (AvgIpc) is 3.03. The molecule has 0 aromatic carbocycles. The number of thiophene rings is 1. The van der Waals surface area contributed by atoms with Crippen molar-refractivity contribution >= 4 is 27.3 Å². The van der Waals surface area contributed by atoms with E-state index in [4.69, 9.17) is 5.11 Å². The zero-order chi connectivity index (χ0) is 15.1. The smallest absolute Gasteiger partial charge is 0.347 e. The first-order chi connectivity index (χ1) is 9.19.